The number of alkyl halides is 3. The second kappa shape index (κ2) is 6.67. The summed E-state index contributed by atoms with van der Waals surface area (Å²) in [4.78, 5) is 0. The summed E-state index contributed by atoms with van der Waals surface area (Å²) >= 11 is 0. The molecule has 0 atom stereocenters. The highest BCUT2D eigenvalue weighted by Crippen LogP contribution is 2.30. The number of nitrogen functional groups attached to an aromatic ring is 1. The highest BCUT2D eigenvalue weighted by molar-refractivity contribution is 5.72. The third-order valence-electron chi connectivity index (χ3n) is 3.70. The summed E-state index contributed by atoms with van der Waals surface area (Å²) < 4.78 is 67.9. The standard InChI is InChI=1S/C19H12F5NO/c20-16-10-18(25)17(21)9-15(16)13-3-1-11(2-4-13)12-5-7-14(8-6-12)26-19(22,23)24/h1-10H,25H2. The van der Waals surface area contributed by atoms with E-state index in [-0.39, 0.29) is 17.0 Å². The van der Waals surface area contributed by atoms with E-state index in [2.05, 4.69) is 4.74 Å². The Morgan fingerprint density at radius 2 is 1.19 bits per heavy atom. The van der Waals surface area contributed by atoms with Crippen molar-refractivity contribution in [2.45, 2.75) is 6.36 Å². The van der Waals surface area contributed by atoms with E-state index in [9.17, 15) is 22.0 Å². The molecule has 2 nitrogen and oxygen atoms in total. The minimum atomic E-state index is -4.75. The first-order valence-electron chi connectivity index (χ1n) is 7.44. The smallest absolute Gasteiger partial charge is 0.406 e. The highest BCUT2D eigenvalue weighted by Gasteiger charge is 2.30. The lowest BCUT2D eigenvalue weighted by Gasteiger charge is -2.10. The first-order valence-corrected chi connectivity index (χ1v) is 7.44. The van der Waals surface area contributed by atoms with Crippen molar-refractivity contribution in [3.63, 3.8) is 0 Å². The molecule has 3 aromatic rings. The van der Waals surface area contributed by atoms with Crippen LogP contribution in [0.3, 0.4) is 0 Å². The normalized spacial score (nSPS) is 11.4. The number of halogens is 5. The first-order chi connectivity index (χ1) is 12.2. The molecule has 0 saturated carbocycles. The van der Waals surface area contributed by atoms with Crippen LogP contribution >= 0.6 is 0 Å². The third-order valence-corrected chi connectivity index (χ3v) is 3.70. The molecule has 0 heterocycles. The molecule has 0 fully saturated rings. The van der Waals surface area contributed by atoms with Crippen molar-refractivity contribution >= 4 is 5.69 Å². The number of benzene rings is 3. The first kappa shape index (κ1) is 17.7. The predicted octanol–water partition coefficient (Wildman–Crippen LogP) is 5.78. The van der Waals surface area contributed by atoms with Crippen LogP contribution in [0.25, 0.3) is 22.3 Å². The van der Waals surface area contributed by atoms with E-state index in [0.29, 0.717) is 16.7 Å². The van der Waals surface area contributed by atoms with Gasteiger partial charge in [0.15, 0.2) is 0 Å². The Morgan fingerprint density at radius 1 is 0.692 bits per heavy atom. The number of hydrogen-bond donors (Lipinski definition) is 1. The summed E-state index contributed by atoms with van der Waals surface area (Å²) in [6, 6.07) is 13.8. The summed E-state index contributed by atoms with van der Waals surface area (Å²) in [6.07, 6.45) is -4.75. The van der Waals surface area contributed by atoms with E-state index in [1.165, 1.54) is 24.3 Å². The van der Waals surface area contributed by atoms with Gasteiger partial charge in [-0.2, -0.15) is 0 Å². The lowest BCUT2D eigenvalue weighted by molar-refractivity contribution is -0.274. The molecule has 7 heteroatoms. The average molecular weight is 365 g/mol. The van der Waals surface area contributed by atoms with Crippen LogP contribution in [-0.2, 0) is 0 Å². The van der Waals surface area contributed by atoms with Gasteiger partial charge in [0, 0.05) is 11.6 Å². The Hall–Kier alpha value is -3.09. The van der Waals surface area contributed by atoms with Crippen LogP contribution in [0.5, 0.6) is 5.75 Å². The summed E-state index contributed by atoms with van der Waals surface area (Å²) in [5.41, 5.74) is 6.91. The quantitative estimate of drug-likeness (QED) is 0.472. The van der Waals surface area contributed by atoms with Crippen molar-refractivity contribution in [3.8, 4) is 28.0 Å². The molecular formula is C19H12F5NO. The van der Waals surface area contributed by atoms with E-state index in [1.54, 1.807) is 24.3 Å². The molecule has 0 aliphatic heterocycles. The molecule has 2 N–H and O–H groups in total. The van der Waals surface area contributed by atoms with E-state index in [4.69, 9.17) is 5.73 Å². The molecule has 0 saturated heterocycles. The van der Waals surface area contributed by atoms with E-state index < -0.39 is 18.0 Å². The molecule has 0 radical (unpaired) electrons. The zero-order chi connectivity index (χ0) is 18.9. The second-order valence-corrected chi connectivity index (χ2v) is 5.50. The van der Waals surface area contributed by atoms with Gasteiger partial charge in [0.2, 0.25) is 0 Å². The van der Waals surface area contributed by atoms with Crippen LogP contribution < -0.4 is 10.5 Å². The molecule has 0 bridgehead atoms. The summed E-state index contributed by atoms with van der Waals surface area (Å²) in [7, 11) is 0. The van der Waals surface area contributed by atoms with Crippen molar-refractivity contribution in [3.05, 3.63) is 72.3 Å². The van der Waals surface area contributed by atoms with Crippen LogP contribution in [0.2, 0.25) is 0 Å². The van der Waals surface area contributed by atoms with E-state index in [1.807, 2.05) is 0 Å². The molecule has 0 aliphatic rings. The van der Waals surface area contributed by atoms with Crippen molar-refractivity contribution in [2.75, 3.05) is 5.73 Å². The van der Waals surface area contributed by atoms with Crippen LogP contribution in [-0.4, -0.2) is 6.36 Å². The molecule has 134 valence electrons. The fourth-order valence-corrected chi connectivity index (χ4v) is 2.47. The maximum absolute atomic E-state index is 14.0. The van der Waals surface area contributed by atoms with Gasteiger partial charge in [-0.05, 0) is 34.9 Å². The second-order valence-electron chi connectivity index (χ2n) is 5.50. The molecule has 0 amide bonds. The van der Waals surface area contributed by atoms with Gasteiger partial charge in [0.05, 0.1) is 5.69 Å². The maximum Gasteiger partial charge on any atom is 0.573 e. The van der Waals surface area contributed by atoms with Gasteiger partial charge in [-0.1, -0.05) is 36.4 Å². The average Bonchev–Trinajstić information content (AvgIpc) is 2.58. The largest absolute Gasteiger partial charge is 0.573 e. The van der Waals surface area contributed by atoms with Crippen molar-refractivity contribution in [1.29, 1.82) is 0 Å². The zero-order valence-electron chi connectivity index (χ0n) is 13.1. The SMILES string of the molecule is Nc1cc(F)c(-c2ccc(-c3ccc(OC(F)(F)F)cc3)cc2)cc1F. The van der Waals surface area contributed by atoms with Gasteiger partial charge >= 0.3 is 6.36 Å². The van der Waals surface area contributed by atoms with Gasteiger partial charge in [0.25, 0.3) is 0 Å². The Kier molecular flexibility index (Phi) is 4.54. The molecule has 26 heavy (non-hydrogen) atoms. The van der Waals surface area contributed by atoms with Gasteiger partial charge in [-0.25, -0.2) is 8.78 Å². The Morgan fingerprint density at radius 3 is 1.73 bits per heavy atom. The van der Waals surface area contributed by atoms with Crippen LogP contribution in [0.4, 0.5) is 27.6 Å². The van der Waals surface area contributed by atoms with Crippen molar-refractivity contribution < 1.29 is 26.7 Å². The van der Waals surface area contributed by atoms with Crippen LogP contribution in [0.15, 0.2) is 60.7 Å². The fourth-order valence-electron chi connectivity index (χ4n) is 2.47. The number of hydrogen-bond acceptors (Lipinski definition) is 2. The summed E-state index contributed by atoms with van der Waals surface area (Å²) in [5, 5.41) is 0. The number of ether oxygens (including phenoxy) is 1. The summed E-state index contributed by atoms with van der Waals surface area (Å²) in [5.74, 6) is -1.69. The van der Waals surface area contributed by atoms with Gasteiger partial charge < -0.3 is 10.5 Å². The highest BCUT2D eigenvalue weighted by atomic mass is 19.4. The minimum Gasteiger partial charge on any atom is -0.406 e. The lowest BCUT2D eigenvalue weighted by atomic mass is 9.99. The minimum absolute atomic E-state index is 0.0668. The lowest BCUT2D eigenvalue weighted by Crippen LogP contribution is -2.16. The Balaban J connectivity index is 1.85. The number of anilines is 1. The van der Waals surface area contributed by atoms with E-state index in [0.717, 1.165) is 12.1 Å². The molecule has 0 aliphatic carbocycles. The van der Waals surface area contributed by atoms with Crippen molar-refractivity contribution in [2.24, 2.45) is 0 Å². The van der Waals surface area contributed by atoms with Crippen LogP contribution in [0.1, 0.15) is 0 Å². The predicted molar refractivity (Wildman–Crippen MR) is 88.3 cm³/mol. The van der Waals surface area contributed by atoms with E-state index >= 15 is 0 Å². The van der Waals surface area contributed by atoms with Gasteiger partial charge in [-0.3, -0.25) is 0 Å². The molecule has 3 rings (SSSR count). The van der Waals surface area contributed by atoms with Crippen LogP contribution in [0, 0.1) is 11.6 Å². The fraction of sp³-hybridized carbons (Fsp3) is 0.0526. The molecular weight excluding hydrogens is 353 g/mol. The number of rotatable bonds is 3. The third kappa shape index (κ3) is 3.93. The topological polar surface area (TPSA) is 35.2 Å². The number of nitrogens with two attached hydrogens (primary N) is 1. The molecule has 0 unspecified atom stereocenters. The Bertz CT molecular complexity index is 918. The van der Waals surface area contributed by atoms with Gasteiger partial charge in [-0.15, -0.1) is 13.2 Å². The molecule has 0 aromatic heterocycles. The maximum atomic E-state index is 14.0. The molecule has 3 aromatic carbocycles. The monoisotopic (exact) mass is 365 g/mol. The summed E-state index contributed by atoms with van der Waals surface area (Å²) in [6.45, 7) is 0. The Labute approximate surface area is 145 Å². The van der Waals surface area contributed by atoms with Crippen molar-refractivity contribution in [1.82, 2.24) is 0 Å². The van der Waals surface area contributed by atoms with Gasteiger partial charge in [0.1, 0.15) is 17.4 Å². The zero-order valence-corrected chi connectivity index (χ0v) is 13.1. The molecule has 0 spiro atoms.